The molecule has 16 rings (SSSR count). The zero-order chi connectivity index (χ0) is 77.2. The normalized spacial score (nSPS) is 11.3. The van der Waals surface area contributed by atoms with Crippen molar-refractivity contribution in [1.29, 1.82) is 0 Å². The summed E-state index contributed by atoms with van der Waals surface area (Å²) in [6.45, 7) is 22.4. The third-order valence-electron chi connectivity index (χ3n) is 20.2. The molecular formula is C106H88Br2IrN3-3. The Morgan fingerprint density at radius 1 is 0.223 bits per heavy atom. The van der Waals surface area contributed by atoms with Crippen molar-refractivity contribution in [2.45, 2.75) is 85.5 Å². The minimum absolute atomic E-state index is 0. The molecule has 0 saturated carbocycles. The van der Waals surface area contributed by atoms with Gasteiger partial charge in [0, 0.05) is 47.6 Å². The van der Waals surface area contributed by atoms with Gasteiger partial charge in [0.05, 0.1) is 0 Å². The zero-order valence-electron chi connectivity index (χ0n) is 64.9. The average molecular weight is 1760 g/mol. The fourth-order valence-electron chi connectivity index (χ4n) is 13.8. The molecule has 3 aromatic heterocycles. The van der Waals surface area contributed by atoms with E-state index in [1.165, 1.54) is 111 Å². The van der Waals surface area contributed by atoms with Crippen molar-refractivity contribution >= 4 is 31.9 Å². The van der Waals surface area contributed by atoms with Gasteiger partial charge < -0.3 is 15.0 Å². The summed E-state index contributed by atoms with van der Waals surface area (Å²) in [4.78, 5) is 13.6. The quantitative estimate of drug-likeness (QED) is 0.108. The molecule has 0 aliphatic rings. The van der Waals surface area contributed by atoms with Gasteiger partial charge in [-0.1, -0.05) is 276 Å². The zero-order valence-corrected chi connectivity index (χ0v) is 70.5. The number of nitrogens with zero attached hydrogens (tertiary/aromatic N) is 3. The Balaban J connectivity index is 0.000000147. The molecule has 13 aromatic carbocycles. The fraction of sp³-hybridized carbons (Fsp3) is 0.123. The van der Waals surface area contributed by atoms with Gasteiger partial charge in [-0.15, -0.1) is 106 Å². The van der Waals surface area contributed by atoms with Gasteiger partial charge in [0.25, 0.3) is 0 Å². The minimum Gasteiger partial charge on any atom is -0.305 e. The summed E-state index contributed by atoms with van der Waals surface area (Å²) in [6, 6.07) is 129. The van der Waals surface area contributed by atoms with Crippen LogP contribution >= 0.6 is 31.9 Å². The van der Waals surface area contributed by atoms with Gasteiger partial charge in [-0.25, -0.2) is 0 Å². The fourth-order valence-corrected chi connectivity index (χ4v) is 14.6. The van der Waals surface area contributed by atoms with Crippen LogP contribution in [0.4, 0.5) is 0 Å². The molecule has 16 aromatic rings. The predicted octanol–water partition coefficient (Wildman–Crippen LogP) is 30.0. The van der Waals surface area contributed by atoms with E-state index in [-0.39, 0.29) is 36.4 Å². The maximum atomic E-state index is 4.54. The van der Waals surface area contributed by atoms with Crippen LogP contribution < -0.4 is 0 Å². The average Bonchev–Trinajstić information content (AvgIpc) is 0.797. The molecule has 0 N–H and O–H groups in total. The number of aryl methyl sites for hydroxylation is 1. The van der Waals surface area contributed by atoms with E-state index in [0.29, 0.717) is 0 Å². The number of rotatable bonds is 13. The summed E-state index contributed by atoms with van der Waals surface area (Å²) in [6.07, 6.45) is 5.47. The smallest absolute Gasteiger partial charge is 0.0181 e. The molecule has 0 fully saturated rings. The Hall–Kier alpha value is -11.1. The van der Waals surface area contributed by atoms with Crippen LogP contribution in [0.3, 0.4) is 0 Å². The molecule has 0 amide bonds. The molecule has 3 heterocycles. The molecule has 0 bridgehead atoms. The van der Waals surface area contributed by atoms with Crippen molar-refractivity contribution in [1.82, 2.24) is 15.0 Å². The van der Waals surface area contributed by atoms with E-state index in [9.17, 15) is 0 Å². The van der Waals surface area contributed by atoms with Gasteiger partial charge in [0.15, 0.2) is 0 Å². The topological polar surface area (TPSA) is 38.7 Å². The van der Waals surface area contributed by atoms with Crippen molar-refractivity contribution in [3.63, 3.8) is 0 Å². The monoisotopic (exact) mass is 1750 g/mol. The van der Waals surface area contributed by atoms with E-state index in [4.69, 9.17) is 0 Å². The standard InChI is InChI=1S/C37H36N.C35H22Br2N.C34H30N.Ir/c1-36(2,3)33-17-13-26(14-18-33)30-23-31(27-15-19-34(20-16-27)37(4,5)6)25-32(24-30)28-10-9-11-29(22-28)35-12-7-8-21-38-35;36-33-13-5-10-27(22-33)31-19-30(20-32(21-31)28-11-6-14-34(37)23-28)26-9-3-7-24(17-26)25-8-4-12-29(18-25)35-15-1-2-16-38-35;1-24-11-13-25(14-12-24)29-21-30(26-15-17-32(18-16-26)34(2,3)4)23-31(22-29)27-8-7-9-28(20-27)33-10-5-6-19-35-33;/h7-10,12-25H,1-6H3;1-11,13-23H;5-8,10-23H,1-4H3;/q3*-1;. The summed E-state index contributed by atoms with van der Waals surface area (Å²) in [7, 11) is 0. The second-order valence-corrected chi connectivity index (χ2v) is 33.3. The first-order chi connectivity index (χ1) is 53.6. The molecule has 6 heteroatoms. The van der Waals surface area contributed by atoms with Crippen molar-refractivity contribution in [2.75, 3.05) is 0 Å². The third kappa shape index (κ3) is 19.8. The van der Waals surface area contributed by atoms with Crippen LogP contribution in [-0.4, -0.2) is 15.0 Å². The summed E-state index contributed by atoms with van der Waals surface area (Å²) in [5.74, 6) is 0. The molecule has 0 aliphatic carbocycles. The van der Waals surface area contributed by atoms with E-state index in [1.807, 2.05) is 91.4 Å². The first-order valence-electron chi connectivity index (χ1n) is 37.8. The number of hydrogen-bond donors (Lipinski definition) is 0. The van der Waals surface area contributed by atoms with E-state index in [0.717, 1.165) is 65.0 Å². The Labute approximate surface area is 693 Å². The van der Waals surface area contributed by atoms with Gasteiger partial charge in [-0.3, -0.25) is 0 Å². The number of hydrogen-bond acceptors (Lipinski definition) is 3. The van der Waals surface area contributed by atoms with Gasteiger partial charge in [0.1, 0.15) is 0 Å². The Kier molecular flexibility index (Phi) is 24.8. The second kappa shape index (κ2) is 35.1. The van der Waals surface area contributed by atoms with E-state index in [1.54, 1.807) is 0 Å². The van der Waals surface area contributed by atoms with Crippen molar-refractivity contribution in [3.8, 4) is 145 Å². The molecule has 112 heavy (non-hydrogen) atoms. The van der Waals surface area contributed by atoms with Gasteiger partial charge in [-0.2, -0.15) is 0 Å². The van der Waals surface area contributed by atoms with E-state index >= 15 is 0 Å². The molecule has 0 aliphatic heterocycles. The molecule has 0 atom stereocenters. The summed E-state index contributed by atoms with van der Waals surface area (Å²) in [5.41, 5.74) is 35.2. The molecule has 553 valence electrons. The summed E-state index contributed by atoms with van der Waals surface area (Å²) >= 11 is 7.28. The van der Waals surface area contributed by atoms with Gasteiger partial charge >= 0.3 is 0 Å². The van der Waals surface area contributed by atoms with Gasteiger partial charge in [0.2, 0.25) is 0 Å². The summed E-state index contributed by atoms with van der Waals surface area (Å²) < 4.78 is 2.13. The Morgan fingerprint density at radius 2 is 0.455 bits per heavy atom. The minimum atomic E-state index is 0. The van der Waals surface area contributed by atoms with Crippen LogP contribution in [0.2, 0.25) is 0 Å². The van der Waals surface area contributed by atoms with Crippen molar-refractivity contribution in [3.05, 3.63) is 402 Å². The third-order valence-corrected chi connectivity index (χ3v) is 21.2. The van der Waals surface area contributed by atoms with Crippen LogP contribution in [-0.2, 0) is 36.4 Å². The first kappa shape index (κ1) is 79.0. The number of halogens is 2. The number of benzene rings is 13. The molecule has 1 radical (unpaired) electrons. The second-order valence-electron chi connectivity index (χ2n) is 31.5. The van der Waals surface area contributed by atoms with Gasteiger partial charge in [-0.05, 0) is 255 Å². The van der Waals surface area contributed by atoms with E-state index < -0.39 is 0 Å². The first-order valence-corrected chi connectivity index (χ1v) is 39.4. The van der Waals surface area contributed by atoms with Crippen molar-refractivity contribution in [2.24, 2.45) is 0 Å². The molecule has 0 spiro atoms. The van der Waals surface area contributed by atoms with Crippen LogP contribution in [0.1, 0.15) is 84.6 Å². The number of pyridine rings is 3. The Morgan fingerprint density at radius 3 is 0.723 bits per heavy atom. The number of aromatic nitrogens is 3. The van der Waals surface area contributed by atoms with Crippen LogP contribution in [0.15, 0.2) is 361 Å². The maximum Gasteiger partial charge on any atom is 0.0181 e. The van der Waals surface area contributed by atoms with E-state index in [2.05, 4.69) is 395 Å². The predicted molar refractivity (Wildman–Crippen MR) is 476 cm³/mol. The molecule has 3 nitrogen and oxygen atoms in total. The Bertz CT molecular complexity index is 5740. The molecule has 0 unspecified atom stereocenters. The molecular weight excluding hydrogens is 1670 g/mol. The maximum absolute atomic E-state index is 4.54. The summed E-state index contributed by atoms with van der Waals surface area (Å²) in [5, 5.41) is 0. The SMILES string of the molecule is Brc1cccc(-c2cc(-c3cccc(Br)c3)cc(-c3cccc(-c4cc[c-]c(-c5ccccn5)c4)c3)c2)c1.CC(C)(C)c1ccc(-c2cc(-c3ccc(C(C)(C)C)cc3)cc(-c3cc[c-]c(-c4ccccn4)c3)c2)cc1.Cc1ccc(-c2cc(-c3ccc(C(C)(C)C)cc3)cc(-c3cc[c-]c(-c4ccccn4)c3)c2)cc1.[Ir]. The molecule has 0 saturated heterocycles. The van der Waals surface area contributed by atoms with Crippen LogP contribution in [0, 0.1) is 25.1 Å². The largest absolute Gasteiger partial charge is 0.305 e. The van der Waals surface area contributed by atoms with Crippen LogP contribution in [0.5, 0.6) is 0 Å². The van der Waals surface area contributed by atoms with Crippen molar-refractivity contribution < 1.29 is 20.1 Å². The van der Waals surface area contributed by atoms with Crippen LogP contribution in [0.25, 0.3) is 145 Å².